The lowest BCUT2D eigenvalue weighted by Crippen LogP contribution is -2.05. The molecule has 0 saturated carbocycles. The van der Waals surface area contributed by atoms with Crippen LogP contribution in [0.3, 0.4) is 0 Å². The van der Waals surface area contributed by atoms with Gasteiger partial charge in [-0.1, -0.05) is 66.0 Å². The summed E-state index contributed by atoms with van der Waals surface area (Å²) < 4.78 is 0. The number of halogens is 1. The van der Waals surface area contributed by atoms with E-state index in [0.717, 1.165) is 24.8 Å². The van der Waals surface area contributed by atoms with Crippen molar-refractivity contribution >= 4 is 21.7 Å². The zero-order valence-corrected chi connectivity index (χ0v) is 10.7. The smallest absolute Gasteiger partial charge is 0.150 e. The van der Waals surface area contributed by atoms with Crippen LogP contribution in [0.15, 0.2) is 30.3 Å². The van der Waals surface area contributed by atoms with Gasteiger partial charge in [-0.3, -0.25) is 4.79 Å². The Hall–Kier alpha value is -0.630. The highest BCUT2D eigenvalue weighted by atomic mass is 79.9. The zero-order valence-electron chi connectivity index (χ0n) is 9.08. The average Bonchev–Trinajstić information content (AvgIpc) is 2.29. The van der Waals surface area contributed by atoms with Gasteiger partial charge in [-0.15, -0.1) is 0 Å². The van der Waals surface area contributed by atoms with Crippen LogP contribution in [0.5, 0.6) is 0 Å². The SMILES string of the molecule is CCCCCC(=O)C(Br)c1ccccc1. The molecule has 0 fully saturated rings. The predicted molar refractivity (Wildman–Crippen MR) is 67.3 cm³/mol. The third-order valence-corrected chi connectivity index (χ3v) is 3.44. The molecular formula is C13H17BrO. The fourth-order valence-electron chi connectivity index (χ4n) is 1.48. The van der Waals surface area contributed by atoms with Crippen molar-refractivity contribution < 1.29 is 4.79 Å². The van der Waals surface area contributed by atoms with Crippen molar-refractivity contribution in [3.63, 3.8) is 0 Å². The number of Topliss-reactive ketones (excluding diaryl/α,β-unsaturated/α-hetero) is 1. The van der Waals surface area contributed by atoms with Crippen LogP contribution in [0.25, 0.3) is 0 Å². The molecule has 2 heteroatoms. The average molecular weight is 269 g/mol. The van der Waals surface area contributed by atoms with Crippen molar-refractivity contribution in [1.82, 2.24) is 0 Å². The predicted octanol–water partition coefficient (Wildman–Crippen LogP) is 4.27. The van der Waals surface area contributed by atoms with E-state index in [1.807, 2.05) is 30.3 Å². The summed E-state index contributed by atoms with van der Waals surface area (Å²) >= 11 is 3.45. The van der Waals surface area contributed by atoms with Gasteiger partial charge < -0.3 is 0 Å². The van der Waals surface area contributed by atoms with Gasteiger partial charge in [-0.25, -0.2) is 0 Å². The van der Waals surface area contributed by atoms with Crippen LogP contribution in [0.1, 0.15) is 43.0 Å². The molecule has 0 spiro atoms. The van der Waals surface area contributed by atoms with Gasteiger partial charge in [0, 0.05) is 6.42 Å². The van der Waals surface area contributed by atoms with Gasteiger partial charge in [0.2, 0.25) is 0 Å². The number of benzene rings is 1. The van der Waals surface area contributed by atoms with Crippen molar-refractivity contribution in [3.05, 3.63) is 35.9 Å². The summed E-state index contributed by atoms with van der Waals surface area (Å²) in [5.41, 5.74) is 1.05. The maximum absolute atomic E-state index is 11.8. The zero-order chi connectivity index (χ0) is 11.1. The van der Waals surface area contributed by atoms with E-state index in [4.69, 9.17) is 0 Å². The van der Waals surface area contributed by atoms with Crippen molar-refractivity contribution in [2.75, 3.05) is 0 Å². The van der Waals surface area contributed by atoms with Gasteiger partial charge in [0.1, 0.15) is 0 Å². The molecule has 1 rings (SSSR count). The summed E-state index contributed by atoms with van der Waals surface area (Å²) in [4.78, 5) is 11.6. The van der Waals surface area contributed by atoms with Gasteiger partial charge in [0.25, 0.3) is 0 Å². The van der Waals surface area contributed by atoms with E-state index in [-0.39, 0.29) is 10.6 Å². The van der Waals surface area contributed by atoms with Crippen LogP contribution >= 0.6 is 15.9 Å². The summed E-state index contributed by atoms with van der Waals surface area (Å²) in [6.45, 7) is 2.15. The van der Waals surface area contributed by atoms with Gasteiger partial charge >= 0.3 is 0 Å². The first-order valence-electron chi connectivity index (χ1n) is 5.47. The van der Waals surface area contributed by atoms with E-state index in [2.05, 4.69) is 22.9 Å². The van der Waals surface area contributed by atoms with Crippen molar-refractivity contribution in [2.24, 2.45) is 0 Å². The second-order valence-electron chi connectivity index (χ2n) is 3.70. The van der Waals surface area contributed by atoms with Gasteiger partial charge in [-0.05, 0) is 12.0 Å². The van der Waals surface area contributed by atoms with Gasteiger partial charge in [0.05, 0.1) is 4.83 Å². The lowest BCUT2D eigenvalue weighted by atomic mass is 10.0. The van der Waals surface area contributed by atoms with E-state index >= 15 is 0 Å². The summed E-state index contributed by atoms with van der Waals surface area (Å²) in [6, 6.07) is 9.85. The molecule has 0 bridgehead atoms. The van der Waals surface area contributed by atoms with Crippen molar-refractivity contribution in [3.8, 4) is 0 Å². The lowest BCUT2D eigenvalue weighted by Gasteiger charge is -2.08. The van der Waals surface area contributed by atoms with Crippen LogP contribution < -0.4 is 0 Å². The van der Waals surface area contributed by atoms with Crippen LogP contribution in [0.4, 0.5) is 0 Å². The van der Waals surface area contributed by atoms with Gasteiger partial charge in [-0.2, -0.15) is 0 Å². The molecule has 1 aromatic carbocycles. The Morgan fingerprint density at radius 2 is 1.93 bits per heavy atom. The number of rotatable bonds is 6. The molecule has 82 valence electrons. The summed E-state index contributed by atoms with van der Waals surface area (Å²) in [5, 5.41) is 0. The summed E-state index contributed by atoms with van der Waals surface area (Å²) in [5.74, 6) is 0.287. The number of hydrogen-bond acceptors (Lipinski definition) is 1. The highest BCUT2D eigenvalue weighted by molar-refractivity contribution is 9.09. The molecule has 1 unspecified atom stereocenters. The van der Waals surface area contributed by atoms with E-state index in [1.54, 1.807) is 0 Å². The Labute approximate surface area is 100 Å². The molecule has 1 nitrogen and oxygen atoms in total. The molecule has 15 heavy (non-hydrogen) atoms. The highest BCUT2D eigenvalue weighted by Gasteiger charge is 2.15. The number of unbranched alkanes of at least 4 members (excludes halogenated alkanes) is 2. The van der Waals surface area contributed by atoms with E-state index in [0.29, 0.717) is 6.42 Å². The molecule has 0 aliphatic carbocycles. The number of alkyl halides is 1. The molecule has 1 aromatic rings. The Kier molecular flexibility index (Phi) is 5.62. The van der Waals surface area contributed by atoms with E-state index in [9.17, 15) is 4.79 Å². The maximum atomic E-state index is 11.8. The number of carbonyl (C=O) groups is 1. The summed E-state index contributed by atoms with van der Waals surface area (Å²) in [6.07, 6.45) is 3.98. The Morgan fingerprint density at radius 3 is 2.53 bits per heavy atom. The minimum absolute atomic E-state index is 0.129. The minimum atomic E-state index is -0.129. The van der Waals surface area contributed by atoms with E-state index < -0.39 is 0 Å². The van der Waals surface area contributed by atoms with E-state index in [1.165, 1.54) is 0 Å². The number of hydrogen-bond donors (Lipinski definition) is 0. The first-order valence-corrected chi connectivity index (χ1v) is 6.39. The third-order valence-electron chi connectivity index (χ3n) is 2.40. The molecule has 0 radical (unpaired) electrons. The van der Waals surface area contributed by atoms with Crippen LogP contribution in [-0.2, 0) is 4.79 Å². The first-order chi connectivity index (χ1) is 7.25. The van der Waals surface area contributed by atoms with Crippen molar-refractivity contribution in [2.45, 2.75) is 37.4 Å². The lowest BCUT2D eigenvalue weighted by molar-refractivity contribution is -0.118. The topological polar surface area (TPSA) is 17.1 Å². The fourth-order valence-corrected chi connectivity index (χ4v) is 2.02. The standard InChI is InChI=1S/C13H17BrO/c1-2-3-5-10-12(15)13(14)11-8-6-4-7-9-11/h4,6-9,13H,2-3,5,10H2,1H3. The quantitative estimate of drug-likeness (QED) is 0.556. The Bertz CT molecular complexity index is 295. The third kappa shape index (κ3) is 4.17. The van der Waals surface area contributed by atoms with Crippen LogP contribution in [0.2, 0.25) is 0 Å². The molecule has 0 amide bonds. The Morgan fingerprint density at radius 1 is 1.27 bits per heavy atom. The monoisotopic (exact) mass is 268 g/mol. The normalized spacial score (nSPS) is 12.4. The molecule has 0 heterocycles. The number of ketones is 1. The Balaban J connectivity index is 2.46. The highest BCUT2D eigenvalue weighted by Crippen LogP contribution is 2.25. The van der Waals surface area contributed by atoms with Gasteiger partial charge in [0.15, 0.2) is 5.78 Å². The largest absolute Gasteiger partial charge is 0.298 e. The van der Waals surface area contributed by atoms with Crippen LogP contribution in [-0.4, -0.2) is 5.78 Å². The summed E-state index contributed by atoms with van der Waals surface area (Å²) in [7, 11) is 0. The maximum Gasteiger partial charge on any atom is 0.150 e. The first kappa shape index (κ1) is 12.4. The second-order valence-corrected chi connectivity index (χ2v) is 4.61. The molecular weight excluding hydrogens is 252 g/mol. The van der Waals surface area contributed by atoms with Crippen molar-refractivity contribution in [1.29, 1.82) is 0 Å². The molecule has 0 saturated heterocycles. The van der Waals surface area contributed by atoms with Crippen LogP contribution in [0, 0.1) is 0 Å². The minimum Gasteiger partial charge on any atom is -0.298 e. The molecule has 0 aromatic heterocycles. The molecule has 1 atom stereocenters. The molecule has 0 N–H and O–H groups in total. The number of carbonyl (C=O) groups excluding carboxylic acids is 1. The molecule has 0 aliphatic rings. The fraction of sp³-hybridized carbons (Fsp3) is 0.462. The second kappa shape index (κ2) is 6.78. The molecule has 0 aliphatic heterocycles.